The molecule has 14 heavy (non-hydrogen) atoms. The van der Waals surface area contributed by atoms with E-state index in [9.17, 15) is 9.90 Å². The van der Waals surface area contributed by atoms with Crippen molar-refractivity contribution >= 4 is 5.91 Å². The Morgan fingerprint density at radius 3 is 2.64 bits per heavy atom. The smallest absolute Gasteiger partial charge is 0.220 e. The van der Waals surface area contributed by atoms with Crippen molar-refractivity contribution in [2.45, 2.75) is 58.1 Å². The lowest BCUT2D eigenvalue weighted by atomic mass is 9.92. The largest absolute Gasteiger partial charge is 0.391 e. The molecule has 0 aromatic rings. The van der Waals surface area contributed by atoms with Crippen molar-refractivity contribution in [1.82, 2.24) is 5.32 Å². The van der Waals surface area contributed by atoms with Crippen LogP contribution in [0.1, 0.15) is 46.0 Å². The molecule has 82 valence electrons. The minimum atomic E-state index is -0.333. The summed E-state index contributed by atoms with van der Waals surface area (Å²) in [6.45, 7) is 4.05. The van der Waals surface area contributed by atoms with Gasteiger partial charge in [-0.25, -0.2) is 0 Å². The zero-order valence-corrected chi connectivity index (χ0v) is 9.12. The molecule has 0 radical (unpaired) electrons. The van der Waals surface area contributed by atoms with Gasteiger partial charge in [-0.1, -0.05) is 26.7 Å². The van der Waals surface area contributed by atoms with Gasteiger partial charge < -0.3 is 10.4 Å². The fourth-order valence-electron chi connectivity index (χ4n) is 1.92. The van der Waals surface area contributed by atoms with Crippen molar-refractivity contribution < 1.29 is 9.90 Å². The first-order valence-electron chi connectivity index (χ1n) is 5.57. The lowest BCUT2D eigenvalue weighted by Crippen LogP contribution is -2.45. The molecule has 0 heterocycles. The van der Waals surface area contributed by atoms with Crippen molar-refractivity contribution in [1.29, 1.82) is 0 Å². The van der Waals surface area contributed by atoms with Crippen LogP contribution >= 0.6 is 0 Å². The molecule has 2 atom stereocenters. The number of nitrogens with one attached hydrogen (secondary N) is 1. The van der Waals surface area contributed by atoms with E-state index in [2.05, 4.69) is 5.32 Å². The maximum Gasteiger partial charge on any atom is 0.220 e. The van der Waals surface area contributed by atoms with Gasteiger partial charge in [0.05, 0.1) is 12.1 Å². The lowest BCUT2D eigenvalue weighted by Gasteiger charge is -2.28. The molecule has 0 bridgehead atoms. The van der Waals surface area contributed by atoms with Gasteiger partial charge >= 0.3 is 0 Å². The number of carbonyl (C=O) groups excluding carboxylic acids is 1. The average molecular weight is 199 g/mol. The Morgan fingerprint density at radius 2 is 2.07 bits per heavy atom. The minimum absolute atomic E-state index is 0.00463. The molecule has 1 amide bonds. The maximum absolute atomic E-state index is 11.4. The molecule has 0 aromatic carbocycles. The Hall–Kier alpha value is -0.570. The van der Waals surface area contributed by atoms with Crippen molar-refractivity contribution in [3.63, 3.8) is 0 Å². The van der Waals surface area contributed by atoms with Gasteiger partial charge in [-0.2, -0.15) is 0 Å². The highest BCUT2D eigenvalue weighted by Gasteiger charge is 2.24. The Bertz CT molecular complexity index is 192. The summed E-state index contributed by atoms with van der Waals surface area (Å²) in [6, 6.07) is -0.00463. The average Bonchev–Trinajstić information content (AvgIpc) is 2.07. The minimum Gasteiger partial charge on any atom is -0.391 e. The normalized spacial score (nSPS) is 27.7. The summed E-state index contributed by atoms with van der Waals surface area (Å²) in [5, 5.41) is 12.5. The molecule has 1 aliphatic rings. The predicted octanol–water partition coefficient (Wildman–Crippen LogP) is 1.45. The zero-order valence-electron chi connectivity index (χ0n) is 9.12. The topological polar surface area (TPSA) is 49.3 Å². The monoisotopic (exact) mass is 199 g/mol. The van der Waals surface area contributed by atoms with E-state index >= 15 is 0 Å². The zero-order chi connectivity index (χ0) is 10.6. The summed E-state index contributed by atoms with van der Waals surface area (Å²) in [6.07, 6.45) is 4.17. The van der Waals surface area contributed by atoms with Gasteiger partial charge in [0.25, 0.3) is 0 Å². The summed E-state index contributed by atoms with van der Waals surface area (Å²) < 4.78 is 0. The van der Waals surface area contributed by atoms with Crippen LogP contribution in [0.3, 0.4) is 0 Å². The van der Waals surface area contributed by atoms with E-state index in [0.29, 0.717) is 12.3 Å². The van der Waals surface area contributed by atoms with E-state index in [1.807, 2.05) is 13.8 Å². The number of aliphatic hydroxyl groups excluding tert-OH is 1. The first kappa shape index (κ1) is 11.5. The molecule has 0 spiro atoms. The van der Waals surface area contributed by atoms with Gasteiger partial charge in [0, 0.05) is 6.42 Å². The van der Waals surface area contributed by atoms with Crippen LogP contribution in [0.2, 0.25) is 0 Å². The summed E-state index contributed by atoms with van der Waals surface area (Å²) in [4.78, 5) is 11.4. The molecule has 1 aliphatic carbocycles. The molecule has 1 fully saturated rings. The summed E-state index contributed by atoms with van der Waals surface area (Å²) in [5.41, 5.74) is 0. The standard InChI is InChI=1S/C11H21NO2/c1-8(2)7-11(14)12-9-5-3-4-6-10(9)13/h8-10,13H,3-7H2,1-2H3,(H,12,14)/t9-,10-/m1/s1. The quantitative estimate of drug-likeness (QED) is 0.723. The first-order valence-corrected chi connectivity index (χ1v) is 5.57. The molecule has 0 unspecified atom stereocenters. The van der Waals surface area contributed by atoms with E-state index in [1.54, 1.807) is 0 Å². The molecular formula is C11H21NO2. The summed E-state index contributed by atoms with van der Waals surface area (Å²) >= 11 is 0. The number of rotatable bonds is 3. The SMILES string of the molecule is CC(C)CC(=O)N[C@@H]1CCCC[C@H]1O. The number of amides is 1. The number of carbonyl (C=O) groups is 1. The third-order valence-corrected chi connectivity index (χ3v) is 2.67. The second-order valence-electron chi connectivity index (χ2n) is 4.62. The van der Waals surface area contributed by atoms with Crippen molar-refractivity contribution in [3.8, 4) is 0 Å². The van der Waals surface area contributed by atoms with Crippen LogP contribution in [0.15, 0.2) is 0 Å². The van der Waals surface area contributed by atoms with Gasteiger partial charge in [-0.3, -0.25) is 4.79 Å². The molecule has 0 aliphatic heterocycles. The first-order chi connectivity index (χ1) is 6.59. The highest BCUT2D eigenvalue weighted by molar-refractivity contribution is 5.76. The Morgan fingerprint density at radius 1 is 1.43 bits per heavy atom. The fourth-order valence-corrected chi connectivity index (χ4v) is 1.92. The van der Waals surface area contributed by atoms with Gasteiger partial charge in [-0.05, 0) is 18.8 Å². The molecule has 1 rings (SSSR count). The lowest BCUT2D eigenvalue weighted by molar-refractivity contribution is -0.123. The van der Waals surface area contributed by atoms with Crippen LogP contribution in [0, 0.1) is 5.92 Å². The highest BCUT2D eigenvalue weighted by atomic mass is 16.3. The van der Waals surface area contributed by atoms with E-state index in [-0.39, 0.29) is 18.1 Å². The molecule has 0 aromatic heterocycles. The van der Waals surface area contributed by atoms with Crippen LogP contribution in [0.25, 0.3) is 0 Å². The van der Waals surface area contributed by atoms with Gasteiger partial charge in [0.2, 0.25) is 5.91 Å². The van der Waals surface area contributed by atoms with E-state index in [0.717, 1.165) is 25.7 Å². The van der Waals surface area contributed by atoms with Gasteiger partial charge in [-0.15, -0.1) is 0 Å². The predicted molar refractivity (Wildman–Crippen MR) is 55.9 cm³/mol. The van der Waals surface area contributed by atoms with E-state index < -0.39 is 0 Å². The second-order valence-corrected chi connectivity index (χ2v) is 4.62. The summed E-state index contributed by atoms with van der Waals surface area (Å²) in [7, 11) is 0. The number of hydrogen-bond donors (Lipinski definition) is 2. The van der Waals surface area contributed by atoms with Crippen LogP contribution in [-0.2, 0) is 4.79 Å². The molecule has 1 saturated carbocycles. The molecule has 2 N–H and O–H groups in total. The third kappa shape index (κ3) is 3.66. The Labute approximate surface area is 85.9 Å². The van der Waals surface area contributed by atoms with Crippen LogP contribution < -0.4 is 5.32 Å². The van der Waals surface area contributed by atoms with Crippen molar-refractivity contribution in [2.75, 3.05) is 0 Å². The molecule has 3 heteroatoms. The van der Waals surface area contributed by atoms with Gasteiger partial charge in [0.1, 0.15) is 0 Å². The number of hydrogen-bond acceptors (Lipinski definition) is 2. The van der Waals surface area contributed by atoms with E-state index in [4.69, 9.17) is 0 Å². The van der Waals surface area contributed by atoms with Crippen LogP contribution in [0.5, 0.6) is 0 Å². The second kappa shape index (κ2) is 5.35. The number of aliphatic hydroxyl groups is 1. The van der Waals surface area contributed by atoms with E-state index in [1.165, 1.54) is 0 Å². The Balaban J connectivity index is 2.31. The van der Waals surface area contributed by atoms with Crippen LogP contribution in [0.4, 0.5) is 0 Å². The Kier molecular flexibility index (Phi) is 4.39. The molecule has 3 nitrogen and oxygen atoms in total. The summed E-state index contributed by atoms with van der Waals surface area (Å²) in [5.74, 6) is 0.460. The van der Waals surface area contributed by atoms with Crippen LogP contribution in [-0.4, -0.2) is 23.2 Å². The third-order valence-electron chi connectivity index (χ3n) is 2.67. The fraction of sp³-hybridized carbons (Fsp3) is 0.909. The molecule has 0 saturated heterocycles. The van der Waals surface area contributed by atoms with Crippen molar-refractivity contribution in [2.24, 2.45) is 5.92 Å². The highest BCUT2D eigenvalue weighted by Crippen LogP contribution is 2.18. The van der Waals surface area contributed by atoms with Crippen molar-refractivity contribution in [3.05, 3.63) is 0 Å². The maximum atomic E-state index is 11.4. The molecular weight excluding hydrogens is 178 g/mol. The van der Waals surface area contributed by atoms with Gasteiger partial charge in [0.15, 0.2) is 0 Å².